The highest BCUT2D eigenvalue weighted by Crippen LogP contribution is 2.29. The number of hydrogen-bond acceptors (Lipinski definition) is 8. The van der Waals surface area contributed by atoms with Gasteiger partial charge in [-0.05, 0) is 68.1 Å². The number of halogens is 2. The van der Waals surface area contributed by atoms with Gasteiger partial charge in [0.25, 0.3) is 11.8 Å². The Morgan fingerprint density at radius 2 is 1.71 bits per heavy atom. The van der Waals surface area contributed by atoms with E-state index in [9.17, 15) is 14.4 Å². The second-order valence-corrected chi connectivity index (χ2v) is 9.30. The summed E-state index contributed by atoms with van der Waals surface area (Å²) in [5.41, 5.74) is 3.00. The van der Waals surface area contributed by atoms with Gasteiger partial charge in [0.1, 0.15) is 11.8 Å². The lowest BCUT2D eigenvalue weighted by Crippen LogP contribution is -2.49. The highest BCUT2D eigenvalue weighted by atomic mass is 35.5. The fraction of sp³-hybridized carbons (Fsp3) is 0.385. The Labute approximate surface area is 231 Å². The van der Waals surface area contributed by atoms with Crippen LogP contribution >= 0.6 is 23.2 Å². The summed E-state index contributed by atoms with van der Waals surface area (Å²) in [5, 5.41) is 7.38. The summed E-state index contributed by atoms with van der Waals surface area (Å²) >= 11 is 12.0. The molecule has 2 aromatic rings. The average molecular weight is 568 g/mol. The molecule has 12 heteroatoms. The van der Waals surface area contributed by atoms with Gasteiger partial charge in [0, 0.05) is 5.02 Å². The van der Waals surface area contributed by atoms with Crippen molar-refractivity contribution in [2.45, 2.75) is 46.3 Å². The summed E-state index contributed by atoms with van der Waals surface area (Å²) in [6.45, 7) is 7.23. The molecule has 0 heterocycles. The van der Waals surface area contributed by atoms with Crippen LogP contribution in [0.3, 0.4) is 0 Å². The van der Waals surface area contributed by atoms with E-state index in [2.05, 4.69) is 15.8 Å². The van der Waals surface area contributed by atoms with Crippen LogP contribution in [-0.2, 0) is 14.3 Å². The number of methoxy groups -OCH3 is 1. The number of hydrogen-bond donors (Lipinski definition) is 2. The molecular formula is C26H31Cl2N3O7. The maximum atomic E-state index is 12.8. The van der Waals surface area contributed by atoms with Crippen molar-refractivity contribution in [1.82, 2.24) is 10.7 Å². The van der Waals surface area contributed by atoms with Crippen molar-refractivity contribution in [3.8, 4) is 17.2 Å². The normalized spacial score (nSPS) is 12.5. The topological polar surface area (TPSA) is 125 Å². The SMILES string of the molecule is CCOC(=O)Oc1ccc(/C=N\NC(=O)[C@H](CC(C)C)NC(=O)[C@H](C)Oc2ccc(Cl)cc2Cl)cc1OC. The quantitative estimate of drug-likeness (QED) is 0.160. The van der Waals surface area contributed by atoms with E-state index in [0.717, 1.165) is 0 Å². The molecular weight excluding hydrogens is 537 g/mol. The number of carbonyl (C=O) groups excluding carboxylic acids is 3. The van der Waals surface area contributed by atoms with Crippen LogP contribution in [0.2, 0.25) is 10.0 Å². The molecule has 38 heavy (non-hydrogen) atoms. The maximum absolute atomic E-state index is 12.8. The summed E-state index contributed by atoms with van der Waals surface area (Å²) < 4.78 is 20.7. The van der Waals surface area contributed by atoms with Crippen molar-refractivity contribution >= 4 is 47.4 Å². The predicted molar refractivity (Wildman–Crippen MR) is 144 cm³/mol. The highest BCUT2D eigenvalue weighted by Gasteiger charge is 2.25. The molecule has 0 aliphatic heterocycles. The number of benzene rings is 2. The monoisotopic (exact) mass is 567 g/mol. The van der Waals surface area contributed by atoms with E-state index in [1.165, 1.54) is 25.5 Å². The molecule has 2 N–H and O–H groups in total. The van der Waals surface area contributed by atoms with Crippen molar-refractivity contribution in [1.29, 1.82) is 0 Å². The summed E-state index contributed by atoms with van der Waals surface area (Å²) in [6, 6.07) is 8.49. The van der Waals surface area contributed by atoms with Crippen LogP contribution in [0, 0.1) is 5.92 Å². The molecule has 2 atom stereocenters. The fourth-order valence-corrected chi connectivity index (χ4v) is 3.59. The molecule has 0 bridgehead atoms. The minimum absolute atomic E-state index is 0.105. The van der Waals surface area contributed by atoms with E-state index >= 15 is 0 Å². The van der Waals surface area contributed by atoms with Gasteiger partial charge in [-0.25, -0.2) is 10.2 Å². The molecule has 0 spiro atoms. The predicted octanol–water partition coefficient (Wildman–Crippen LogP) is 4.99. The van der Waals surface area contributed by atoms with Gasteiger partial charge in [-0.3, -0.25) is 9.59 Å². The van der Waals surface area contributed by atoms with E-state index in [1.807, 2.05) is 13.8 Å². The Morgan fingerprint density at radius 1 is 1.00 bits per heavy atom. The zero-order chi connectivity index (χ0) is 28.2. The van der Waals surface area contributed by atoms with Crippen LogP contribution in [0.5, 0.6) is 17.2 Å². The van der Waals surface area contributed by atoms with Crippen LogP contribution in [0.15, 0.2) is 41.5 Å². The maximum Gasteiger partial charge on any atom is 0.513 e. The van der Waals surface area contributed by atoms with E-state index in [4.69, 9.17) is 42.1 Å². The van der Waals surface area contributed by atoms with Crippen molar-refractivity contribution in [2.24, 2.45) is 11.0 Å². The molecule has 2 aromatic carbocycles. The van der Waals surface area contributed by atoms with Gasteiger partial charge in [0.2, 0.25) is 0 Å². The third kappa shape index (κ3) is 9.75. The van der Waals surface area contributed by atoms with E-state index < -0.39 is 30.1 Å². The molecule has 2 amide bonds. The molecule has 0 aliphatic carbocycles. The van der Waals surface area contributed by atoms with Gasteiger partial charge in [0.15, 0.2) is 17.6 Å². The largest absolute Gasteiger partial charge is 0.513 e. The zero-order valence-corrected chi connectivity index (χ0v) is 23.3. The number of amides is 2. The molecule has 0 fully saturated rings. The first kappa shape index (κ1) is 30.7. The van der Waals surface area contributed by atoms with Crippen LogP contribution < -0.4 is 25.0 Å². The molecule has 0 aliphatic rings. The Bertz CT molecular complexity index is 1160. The number of rotatable bonds is 12. The number of nitrogens with zero attached hydrogens (tertiary/aromatic N) is 1. The lowest BCUT2D eigenvalue weighted by atomic mass is 10.0. The highest BCUT2D eigenvalue weighted by molar-refractivity contribution is 6.35. The van der Waals surface area contributed by atoms with E-state index in [-0.39, 0.29) is 29.0 Å². The van der Waals surface area contributed by atoms with Gasteiger partial charge in [-0.2, -0.15) is 5.10 Å². The average Bonchev–Trinajstić information content (AvgIpc) is 2.85. The van der Waals surface area contributed by atoms with Crippen molar-refractivity contribution in [3.05, 3.63) is 52.0 Å². The molecule has 10 nitrogen and oxygen atoms in total. The summed E-state index contributed by atoms with van der Waals surface area (Å²) in [4.78, 5) is 37.1. The Morgan fingerprint density at radius 3 is 2.34 bits per heavy atom. The minimum Gasteiger partial charge on any atom is -0.493 e. The van der Waals surface area contributed by atoms with E-state index in [0.29, 0.717) is 22.8 Å². The van der Waals surface area contributed by atoms with Crippen LogP contribution in [0.4, 0.5) is 4.79 Å². The molecule has 206 valence electrons. The Hall–Kier alpha value is -3.50. The Balaban J connectivity index is 2.03. The van der Waals surface area contributed by atoms with Crippen molar-refractivity contribution in [2.75, 3.05) is 13.7 Å². The molecule has 0 aromatic heterocycles. The van der Waals surface area contributed by atoms with Gasteiger partial charge in [0.05, 0.1) is 25.0 Å². The van der Waals surface area contributed by atoms with Crippen LogP contribution in [0.25, 0.3) is 0 Å². The second-order valence-electron chi connectivity index (χ2n) is 8.46. The number of carbonyl (C=O) groups is 3. The first-order chi connectivity index (χ1) is 18.0. The van der Waals surface area contributed by atoms with Crippen molar-refractivity contribution < 1.29 is 33.3 Å². The number of hydrazone groups is 1. The summed E-state index contributed by atoms with van der Waals surface area (Å²) in [6.07, 6.45) is -0.0251. The lowest BCUT2D eigenvalue weighted by Gasteiger charge is -2.22. The van der Waals surface area contributed by atoms with Gasteiger partial charge in [-0.15, -0.1) is 0 Å². The third-order valence-electron chi connectivity index (χ3n) is 4.94. The van der Waals surface area contributed by atoms with Gasteiger partial charge in [-0.1, -0.05) is 37.0 Å². The molecule has 0 unspecified atom stereocenters. The standard InChI is InChI=1S/C26H31Cl2N3O7/c1-6-36-26(34)38-22-9-7-17(12-23(22)35-5)14-29-31-25(33)20(11-15(2)3)30-24(32)16(4)37-21-10-8-18(27)13-19(21)28/h7-10,12-16,20H,6,11H2,1-5H3,(H,30,32)(H,31,33)/b29-14-/t16-,20-/m0/s1. The van der Waals surface area contributed by atoms with Crippen molar-refractivity contribution in [3.63, 3.8) is 0 Å². The Kier molecular flexibility index (Phi) is 12.2. The van der Waals surface area contributed by atoms with Gasteiger partial charge >= 0.3 is 6.16 Å². The smallest absolute Gasteiger partial charge is 0.493 e. The fourth-order valence-electron chi connectivity index (χ4n) is 3.14. The first-order valence-corrected chi connectivity index (χ1v) is 12.6. The molecule has 0 saturated heterocycles. The van der Waals surface area contributed by atoms with E-state index in [1.54, 1.807) is 38.1 Å². The zero-order valence-electron chi connectivity index (χ0n) is 21.7. The lowest BCUT2D eigenvalue weighted by molar-refractivity contribution is -0.132. The minimum atomic E-state index is -0.928. The molecule has 0 saturated carbocycles. The molecule has 2 rings (SSSR count). The third-order valence-corrected chi connectivity index (χ3v) is 5.47. The van der Waals surface area contributed by atoms with Crippen LogP contribution in [-0.4, -0.2) is 50.0 Å². The number of nitrogens with one attached hydrogen (secondary N) is 2. The number of ether oxygens (including phenoxy) is 4. The second kappa shape index (κ2) is 15.0. The first-order valence-electron chi connectivity index (χ1n) is 11.8. The van der Waals surface area contributed by atoms with Gasteiger partial charge < -0.3 is 24.3 Å². The molecule has 0 radical (unpaired) electrons. The van der Waals surface area contributed by atoms with Crippen LogP contribution in [0.1, 0.15) is 39.7 Å². The summed E-state index contributed by atoms with van der Waals surface area (Å²) in [5.74, 6) is -0.163. The summed E-state index contributed by atoms with van der Waals surface area (Å²) in [7, 11) is 1.42.